The SMILES string of the molecule is COc1cc2c(C)nnc(C(C)(C)C)c2cc1OC. The van der Waals surface area contributed by atoms with Crippen molar-refractivity contribution in [2.75, 3.05) is 14.2 Å². The van der Waals surface area contributed by atoms with E-state index in [4.69, 9.17) is 9.47 Å². The zero-order valence-corrected chi connectivity index (χ0v) is 12.4. The Morgan fingerprint density at radius 1 is 0.895 bits per heavy atom. The molecule has 0 fully saturated rings. The summed E-state index contributed by atoms with van der Waals surface area (Å²) in [5, 5.41) is 10.7. The highest BCUT2D eigenvalue weighted by molar-refractivity contribution is 5.90. The second kappa shape index (κ2) is 4.68. The first kappa shape index (κ1) is 13.6. The molecule has 0 saturated heterocycles. The Balaban J connectivity index is 2.85. The molecule has 0 saturated carbocycles. The van der Waals surface area contributed by atoms with Gasteiger partial charge in [0.25, 0.3) is 0 Å². The summed E-state index contributed by atoms with van der Waals surface area (Å²) in [6, 6.07) is 3.95. The van der Waals surface area contributed by atoms with Crippen LogP contribution in [-0.2, 0) is 5.41 Å². The monoisotopic (exact) mass is 260 g/mol. The molecular formula is C15H20N2O2. The lowest BCUT2D eigenvalue weighted by Gasteiger charge is -2.20. The number of methoxy groups -OCH3 is 2. The van der Waals surface area contributed by atoms with Crippen LogP contribution in [0.5, 0.6) is 11.5 Å². The van der Waals surface area contributed by atoms with E-state index >= 15 is 0 Å². The molecule has 102 valence electrons. The maximum Gasteiger partial charge on any atom is 0.161 e. The fourth-order valence-electron chi connectivity index (χ4n) is 2.16. The first-order chi connectivity index (χ1) is 8.88. The van der Waals surface area contributed by atoms with E-state index in [9.17, 15) is 0 Å². The van der Waals surface area contributed by atoms with Gasteiger partial charge in [0, 0.05) is 16.2 Å². The van der Waals surface area contributed by atoms with Crippen molar-refractivity contribution in [3.63, 3.8) is 0 Å². The van der Waals surface area contributed by atoms with Crippen molar-refractivity contribution in [2.45, 2.75) is 33.1 Å². The van der Waals surface area contributed by atoms with E-state index < -0.39 is 0 Å². The lowest BCUT2D eigenvalue weighted by Crippen LogP contribution is -2.15. The van der Waals surface area contributed by atoms with Crippen LogP contribution in [0.1, 0.15) is 32.2 Å². The van der Waals surface area contributed by atoms with Crippen LogP contribution in [0, 0.1) is 6.92 Å². The number of hydrogen-bond donors (Lipinski definition) is 0. The second-order valence-electron chi connectivity index (χ2n) is 5.64. The molecular weight excluding hydrogens is 240 g/mol. The fraction of sp³-hybridized carbons (Fsp3) is 0.467. The van der Waals surface area contributed by atoms with Crippen molar-refractivity contribution >= 4 is 10.8 Å². The van der Waals surface area contributed by atoms with Gasteiger partial charge in [-0.05, 0) is 19.1 Å². The third-order valence-corrected chi connectivity index (χ3v) is 3.18. The summed E-state index contributed by atoms with van der Waals surface area (Å²) in [7, 11) is 3.28. The minimum absolute atomic E-state index is 0.0709. The van der Waals surface area contributed by atoms with Crippen LogP contribution in [0.15, 0.2) is 12.1 Å². The van der Waals surface area contributed by atoms with E-state index in [1.54, 1.807) is 14.2 Å². The van der Waals surface area contributed by atoms with Gasteiger partial charge in [-0.3, -0.25) is 0 Å². The highest BCUT2D eigenvalue weighted by atomic mass is 16.5. The van der Waals surface area contributed by atoms with E-state index in [0.717, 1.165) is 22.2 Å². The van der Waals surface area contributed by atoms with E-state index in [1.165, 1.54) is 0 Å². The molecule has 0 N–H and O–H groups in total. The van der Waals surface area contributed by atoms with Crippen molar-refractivity contribution < 1.29 is 9.47 Å². The van der Waals surface area contributed by atoms with Gasteiger partial charge in [0.15, 0.2) is 11.5 Å². The van der Waals surface area contributed by atoms with Crippen LogP contribution in [0.25, 0.3) is 10.8 Å². The number of nitrogens with zero attached hydrogens (tertiary/aromatic N) is 2. The van der Waals surface area contributed by atoms with Crippen LogP contribution < -0.4 is 9.47 Å². The van der Waals surface area contributed by atoms with Crippen LogP contribution in [0.2, 0.25) is 0 Å². The highest BCUT2D eigenvalue weighted by Crippen LogP contribution is 2.36. The molecule has 0 aliphatic heterocycles. The molecule has 0 spiro atoms. The first-order valence-corrected chi connectivity index (χ1v) is 6.28. The van der Waals surface area contributed by atoms with Crippen LogP contribution in [0.4, 0.5) is 0 Å². The molecule has 1 aromatic carbocycles. The van der Waals surface area contributed by atoms with E-state index in [0.29, 0.717) is 11.5 Å². The lowest BCUT2D eigenvalue weighted by molar-refractivity contribution is 0.355. The molecule has 0 atom stereocenters. The molecule has 1 aromatic heterocycles. The van der Waals surface area contributed by atoms with Crippen LogP contribution in [-0.4, -0.2) is 24.4 Å². The smallest absolute Gasteiger partial charge is 0.161 e. The minimum Gasteiger partial charge on any atom is -0.493 e. The summed E-state index contributed by atoms with van der Waals surface area (Å²) in [4.78, 5) is 0. The minimum atomic E-state index is -0.0709. The zero-order chi connectivity index (χ0) is 14.2. The van der Waals surface area contributed by atoms with E-state index in [-0.39, 0.29) is 5.41 Å². The predicted octanol–water partition coefficient (Wildman–Crippen LogP) is 3.25. The molecule has 2 aromatic rings. The van der Waals surface area contributed by atoms with Gasteiger partial charge in [0.2, 0.25) is 0 Å². The molecule has 4 nitrogen and oxygen atoms in total. The number of benzene rings is 1. The van der Waals surface area contributed by atoms with E-state index in [1.807, 2.05) is 19.1 Å². The van der Waals surface area contributed by atoms with Crippen molar-refractivity contribution in [2.24, 2.45) is 0 Å². The highest BCUT2D eigenvalue weighted by Gasteiger charge is 2.21. The van der Waals surface area contributed by atoms with Crippen molar-refractivity contribution in [1.82, 2.24) is 10.2 Å². The normalized spacial score (nSPS) is 11.7. The summed E-state index contributed by atoms with van der Waals surface area (Å²) in [6.07, 6.45) is 0. The number of aryl methyl sites for hydroxylation is 1. The third kappa shape index (κ3) is 2.35. The molecule has 0 radical (unpaired) electrons. The third-order valence-electron chi connectivity index (χ3n) is 3.18. The molecule has 1 heterocycles. The molecule has 2 rings (SSSR count). The van der Waals surface area contributed by atoms with Crippen molar-refractivity contribution in [1.29, 1.82) is 0 Å². The Morgan fingerprint density at radius 3 is 1.89 bits per heavy atom. The van der Waals surface area contributed by atoms with Gasteiger partial charge < -0.3 is 9.47 Å². The first-order valence-electron chi connectivity index (χ1n) is 6.28. The summed E-state index contributed by atoms with van der Waals surface area (Å²) in [6.45, 7) is 8.33. The summed E-state index contributed by atoms with van der Waals surface area (Å²) in [5.41, 5.74) is 1.79. The van der Waals surface area contributed by atoms with Gasteiger partial charge in [-0.25, -0.2) is 0 Å². The lowest BCUT2D eigenvalue weighted by atomic mass is 9.88. The van der Waals surface area contributed by atoms with Gasteiger partial charge in [-0.1, -0.05) is 20.8 Å². The maximum atomic E-state index is 5.38. The number of hydrogen-bond acceptors (Lipinski definition) is 4. The van der Waals surface area contributed by atoms with Crippen molar-refractivity contribution in [3.8, 4) is 11.5 Å². The zero-order valence-electron chi connectivity index (χ0n) is 12.4. The quantitative estimate of drug-likeness (QED) is 0.831. The largest absolute Gasteiger partial charge is 0.493 e. The van der Waals surface area contributed by atoms with Gasteiger partial charge in [0.1, 0.15) is 0 Å². The molecule has 0 bridgehead atoms. The molecule has 0 unspecified atom stereocenters. The molecule has 0 aliphatic rings. The Hall–Kier alpha value is -1.84. The number of aromatic nitrogens is 2. The molecule has 19 heavy (non-hydrogen) atoms. The summed E-state index contributed by atoms with van der Waals surface area (Å²) in [5.74, 6) is 1.43. The van der Waals surface area contributed by atoms with Gasteiger partial charge >= 0.3 is 0 Å². The molecule has 0 amide bonds. The summed E-state index contributed by atoms with van der Waals surface area (Å²) < 4.78 is 10.7. The second-order valence-corrected chi connectivity index (χ2v) is 5.64. The fourth-order valence-corrected chi connectivity index (χ4v) is 2.16. The van der Waals surface area contributed by atoms with Crippen LogP contribution >= 0.6 is 0 Å². The Bertz CT molecular complexity index is 616. The summed E-state index contributed by atoms with van der Waals surface area (Å²) >= 11 is 0. The van der Waals surface area contributed by atoms with Gasteiger partial charge in [-0.2, -0.15) is 10.2 Å². The Kier molecular flexibility index (Phi) is 3.35. The predicted molar refractivity (Wildman–Crippen MR) is 76.1 cm³/mol. The van der Waals surface area contributed by atoms with Gasteiger partial charge in [-0.15, -0.1) is 0 Å². The van der Waals surface area contributed by atoms with E-state index in [2.05, 4.69) is 31.0 Å². The Labute approximate surface area is 113 Å². The Morgan fingerprint density at radius 2 is 1.42 bits per heavy atom. The van der Waals surface area contributed by atoms with Crippen LogP contribution in [0.3, 0.4) is 0 Å². The molecule has 4 heteroatoms. The average Bonchev–Trinajstić information content (AvgIpc) is 2.36. The molecule has 0 aliphatic carbocycles. The maximum absolute atomic E-state index is 5.38. The number of fused-ring (bicyclic) bond motifs is 1. The average molecular weight is 260 g/mol. The number of ether oxygens (including phenoxy) is 2. The topological polar surface area (TPSA) is 44.2 Å². The van der Waals surface area contributed by atoms with Crippen molar-refractivity contribution in [3.05, 3.63) is 23.5 Å². The number of rotatable bonds is 2. The standard InChI is InChI=1S/C15H20N2O2/c1-9-10-7-12(18-5)13(19-6)8-11(10)14(17-16-9)15(2,3)4/h7-8H,1-6H3. The van der Waals surface area contributed by atoms with Gasteiger partial charge in [0.05, 0.1) is 25.6 Å².